The molecule has 0 unspecified atom stereocenters. The molecule has 9 nitrogen and oxygen atoms in total. The first kappa shape index (κ1) is 32.8. The lowest BCUT2D eigenvalue weighted by Crippen LogP contribution is -2.53. The molecule has 0 saturated carbocycles. The lowest BCUT2D eigenvalue weighted by atomic mass is 10.1. The maximum absolute atomic E-state index is 14.2. The van der Waals surface area contributed by atoms with Gasteiger partial charge in [0.05, 0.1) is 24.8 Å². The summed E-state index contributed by atoms with van der Waals surface area (Å²) in [6.45, 7) is 5.16. The quantitative estimate of drug-likeness (QED) is 0.265. The van der Waals surface area contributed by atoms with E-state index in [0.717, 1.165) is 16.3 Å². The number of hydrogen-bond donors (Lipinski definition) is 1. The molecule has 42 heavy (non-hydrogen) atoms. The summed E-state index contributed by atoms with van der Waals surface area (Å²) in [6.07, 6.45) is 1.04. The van der Waals surface area contributed by atoms with Gasteiger partial charge in [-0.1, -0.05) is 49.7 Å². The third-order valence-electron chi connectivity index (χ3n) is 6.93. The number of amides is 2. The van der Waals surface area contributed by atoms with E-state index in [1.54, 1.807) is 48.5 Å². The molecule has 1 N–H and O–H groups in total. The van der Waals surface area contributed by atoms with Crippen LogP contribution in [0.1, 0.15) is 39.2 Å². The summed E-state index contributed by atoms with van der Waals surface area (Å²) in [5.41, 5.74) is 0.928. The first-order valence-electron chi connectivity index (χ1n) is 13.7. The summed E-state index contributed by atoms with van der Waals surface area (Å²) in [6, 6.07) is 18.5. The molecule has 0 aliphatic rings. The molecule has 2 amide bonds. The summed E-state index contributed by atoms with van der Waals surface area (Å²) >= 11 is 6.08. The highest BCUT2D eigenvalue weighted by Crippen LogP contribution is 2.33. The Balaban J connectivity index is 2.09. The molecule has 0 spiro atoms. The molecule has 0 fully saturated rings. The minimum Gasteiger partial charge on any atom is -0.497 e. The molecule has 0 aromatic heterocycles. The van der Waals surface area contributed by atoms with Crippen LogP contribution in [0, 0.1) is 0 Å². The van der Waals surface area contributed by atoms with Crippen LogP contribution in [-0.4, -0.2) is 58.0 Å². The van der Waals surface area contributed by atoms with E-state index in [9.17, 15) is 18.0 Å². The number of nitrogens with one attached hydrogen (secondary N) is 1. The number of hydrogen-bond acceptors (Lipinski definition) is 6. The fourth-order valence-electron chi connectivity index (χ4n) is 4.37. The van der Waals surface area contributed by atoms with Crippen LogP contribution in [0.15, 0.2) is 77.7 Å². The van der Waals surface area contributed by atoms with Gasteiger partial charge in [-0.25, -0.2) is 8.42 Å². The Morgan fingerprint density at radius 3 is 2.12 bits per heavy atom. The van der Waals surface area contributed by atoms with Crippen LogP contribution < -0.4 is 19.1 Å². The van der Waals surface area contributed by atoms with E-state index in [1.165, 1.54) is 43.4 Å². The van der Waals surface area contributed by atoms with Gasteiger partial charge in [-0.2, -0.15) is 0 Å². The number of nitrogens with zero attached hydrogens (tertiary/aromatic N) is 2. The van der Waals surface area contributed by atoms with Gasteiger partial charge in [0.2, 0.25) is 11.8 Å². The minimum atomic E-state index is -4.26. The van der Waals surface area contributed by atoms with Crippen LogP contribution in [0.25, 0.3) is 0 Å². The Hall–Kier alpha value is -3.76. The zero-order chi connectivity index (χ0) is 30.9. The van der Waals surface area contributed by atoms with E-state index in [-0.39, 0.29) is 34.8 Å². The highest BCUT2D eigenvalue weighted by molar-refractivity contribution is 7.92. The second-order valence-corrected chi connectivity index (χ2v) is 12.0. The number of ether oxygens (including phenoxy) is 2. The van der Waals surface area contributed by atoms with Crippen LogP contribution >= 0.6 is 11.6 Å². The Labute approximate surface area is 253 Å². The second kappa shape index (κ2) is 14.9. The summed E-state index contributed by atoms with van der Waals surface area (Å²) < 4.78 is 39.8. The van der Waals surface area contributed by atoms with E-state index >= 15 is 0 Å². The van der Waals surface area contributed by atoms with Crippen LogP contribution in [0.2, 0.25) is 5.02 Å². The van der Waals surface area contributed by atoms with Gasteiger partial charge < -0.3 is 19.7 Å². The van der Waals surface area contributed by atoms with E-state index in [0.29, 0.717) is 17.2 Å². The molecule has 2 atom stereocenters. The molecule has 0 aliphatic heterocycles. The lowest BCUT2D eigenvalue weighted by molar-refractivity contribution is -0.140. The number of anilines is 1. The first-order valence-corrected chi connectivity index (χ1v) is 15.5. The molecule has 11 heteroatoms. The van der Waals surface area contributed by atoms with E-state index in [1.807, 2.05) is 20.8 Å². The maximum atomic E-state index is 14.2. The van der Waals surface area contributed by atoms with Crippen LogP contribution in [0.5, 0.6) is 11.5 Å². The molecule has 3 aromatic carbocycles. The van der Waals surface area contributed by atoms with Crippen molar-refractivity contribution in [2.24, 2.45) is 0 Å². The predicted molar refractivity (Wildman–Crippen MR) is 164 cm³/mol. The largest absolute Gasteiger partial charge is 0.497 e. The Morgan fingerprint density at radius 2 is 1.55 bits per heavy atom. The van der Waals surface area contributed by atoms with E-state index in [4.69, 9.17) is 21.1 Å². The van der Waals surface area contributed by atoms with Gasteiger partial charge in [-0.3, -0.25) is 13.9 Å². The highest BCUT2D eigenvalue weighted by Gasteiger charge is 2.35. The average Bonchev–Trinajstić information content (AvgIpc) is 3.00. The molecule has 3 rings (SSSR count). The van der Waals surface area contributed by atoms with Crippen molar-refractivity contribution in [3.05, 3.63) is 83.4 Å². The fourth-order valence-corrected chi connectivity index (χ4v) is 5.92. The number of carbonyl (C=O) groups excluding carboxylic acids is 2. The monoisotopic (exact) mass is 615 g/mol. The average molecular weight is 616 g/mol. The zero-order valence-electron chi connectivity index (χ0n) is 24.5. The molecule has 0 aliphatic carbocycles. The van der Waals surface area contributed by atoms with Crippen LogP contribution in [0.3, 0.4) is 0 Å². The number of benzene rings is 3. The van der Waals surface area contributed by atoms with Gasteiger partial charge in [0, 0.05) is 17.6 Å². The smallest absolute Gasteiger partial charge is 0.264 e. The predicted octanol–water partition coefficient (Wildman–Crippen LogP) is 5.27. The summed E-state index contributed by atoms with van der Waals surface area (Å²) in [5, 5.41) is 3.50. The van der Waals surface area contributed by atoms with E-state index in [2.05, 4.69) is 5.32 Å². The van der Waals surface area contributed by atoms with Crippen molar-refractivity contribution >= 4 is 39.1 Å². The lowest BCUT2D eigenvalue weighted by Gasteiger charge is -2.34. The van der Waals surface area contributed by atoms with E-state index < -0.39 is 28.5 Å². The van der Waals surface area contributed by atoms with Gasteiger partial charge in [0.25, 0.3) is 10.0 Å². The zero-order valence-corrected chi connectivity index (χ0v) is 26.1. The molecule has 0 radical (unpaired) electrons. The number of halogens is 1. The number of sulfonamides is 1. The SMILES string of the molecule is CC[C@H](C)NC(=O)[C@H](CC)N(Cc1ccc(Cl)cc1)C(=O)CN(c1ccccc1OC)S(=O)(=O)c1ccc(OC)cc1. The number of para-hydroxylation sites is 2. The van der Waals surface area contributed by atoms with Gasteiger partial charge in [0.15, 0.2) is 0 Å². The Kier molecular flexibility index (Phi) is 11.6. The van der Waals surface area contributed by atoms with Gasteiger partial charge >= 0.3 is 0 Å². The van der Waals surface area contributed by atoms with Gasteiger partial charge in [-0.15, -0.1) is 0 Å². The Morgan fingerprint density at radius 1 is 0.905 bits per heavy atom. The van der Waals surface area contributed by atoms with Crippen molar-refractivity contribution < 1.29 is 27.5 Å². The standard InChI is InChI=1S/C31H38ClN3O6S/c1-6-22(3)33-31(37)27(7-2)34(20-23-12-14-24(32)15-13-23)30(36)21-35(28-10-8-9-11-29(28)41-5)42(38,39)26-18-16-25(40-4)17-19-26/h8-19,22,27H,6-7,20-21H2,1-5H3,(H,33,37)/t22-,27-/m0/s1. The molecular weight excluding hydrogens is 578 g/mol. The van der Waals surface area contributed by atoms with Crippen molar-refractivity contribution in [1.29, 1.82) is 0 Å². The number of rotatable bonds is 14. The number of methoxy groups -OCH3 is 2. The van der Waals surface area contributed by atoms with Gasteiger partial charge in [-0.05, 0) is 73.9 Å². The Bertz CT molecular complexity index is 1450. The molecule has 226 valence electrons. The molecule has 3 aromatic rings. The summed E-state index contributed by atoms with van der Waals surface area (Å²) in [4.78, 5) is 29.0. The van der Waals surface area contributed by atoms with Crippen molar-refractivity contribution in [2.75, 3.05) is 25.1 Å². The molecule has 0 saturated heterocycles. The number of carbonyl (C=O) groups is 2. The van der Waals surface area contributed by atoms with Crippen molar-refractivity contribution in [2.45, 2.75) is 57.1 Å². The first-order chi connectivity index (χ1) is 20.0. The molecule has 0 bridgehead atoms. The van der Waals surface area contributed by atoms with Crippen molar-refractivity contribution in [3.8, 4) is 11.5 Å². The highest BCUT2D eigenvalue weighted by atomic mass is 35.5. The van der Waals surface area contributed by atoms with Gasteiger partial charge in [0.1, 0.15) is 24.1 Å². The second-order valence-electron chi connectivity index (χ2n) is 9.75. The molecule has 0 heterocycles. The third kappa shape index (κ3) is 7.95. The van der Waals surface area contributed by atoms with Crippen molar-refractivity contribution in [1.82, 2.24) is 10.2 Å². The van der Waals surface area contributed by atoms with Crippen LogP contribution in [0.4, 0.5) is 5.69 Å². The minimum absolute atomic E-state index is 0.0344. The summed E-state index contributed by atoms with van der Waals surface area (Å²) in [5.74, 6) is -0.107. The molecular formula is C31H38ClN3O6S. The maximum Gasteiger partial charge on any atom is 0.264 e. The summed E-state index contributed by atoms with van der Waals surface area (Å²) in [7, 11) is -1.35. The normalized spacial score (nSPS) is 12.6. The fraction of sp³-hybridized carbons (Fsp3) is 0.355. The van der Waals surface area contributed by atoms with Crippen molar-refractivity contribution in [3.63, 3.8) is 0 Å². The van der Waals surface area contributed by atoms with Crippen LogP contribution in [-0.2, 0) is 26.2 Å². The topological polar surface area (TPSA) is 105 Å². The third-order valence-corrected chi connectivity index (χ3v) is 8.96.